The minimum absolute atomic E-state index is 0. The Morgan fingerprint density at radius 1 is 1.12 bits per heavy atom. The molecule has 0 bridgehead atoms. The molecule has 3 N–H and O–H groups in total. The third kappa shape index (κ3) is 6.28. The van der Waals surface area contributed by atoms with Gasteiger partial charge in [0.1, 0.15) is 0 Å². The number of rotatable bonds is 4. The maximum atomic E-state index is 12.5. The number of benzene rings is 1. The van der Waals surface area contributed by atoms with Gasteiger partial charge >= 0.3 is 0 Å². The number of nitrogens with zero attached hydrogens (tertiary/aromatic N) is 1. The van der Waals surface area contributed by atoms with Crippen LogP contribution in [0.4, 0.5) is 0 Å². The normalized spacial score (nSPS) is 20.5. The molecular weight excluding hydrogens is 393 g/mol. The smallest absolute Gasteiger partial charge is 0.240 e. The third-order valence-electron chi connectivity index (χ3n) is 5.44. The van der Waals surface area contributed by atoms with Crippen LogP contribution in [0.5, 0.6) is 0 Å². The van der Waals surface area contributed by atoms with Gasteiger partial charge in [-0.25, -0.2) is 0 Å². The fraction of sp³-hybridized carbons (Fsp3) is 0.632. The Morgan fingerprint density at radius 2 is 1.69 bits per heavy atom. The maximum Gasteiger partial charge on any atom is 0.240 e. The van der Waals surface area contributed by atoms with Gasteiger partial charge in [-0.1, -0.05) is 43.0 Å². The van der Waals surface area contributed by atoms with Crippen molar-refractivity contribution in [2.45, 2.75) is 63.1 Å². The average molecular weight is 423 g/mol. The molecule has 1 saturated heterocycles. The number of carbonyl (C=O) groups excluding carboxylic acids is 1. The zero-order valence-corrected chi connectivity index (χ0v) is 17.5. The van der Waals surface area contributed by atoms with Gasteiger partial charge in [-0.05, 0) is 43.4 Å². The van der Waals surface area contributed by atoms with Crippen LogP contribution in [0.25, 0.3) is 0 Å². The van der Waals surface area contributed by atoms with Gasteiger partial charge in [-0.3, -0.25) is 9.69 Å². The highest BCUT2D eigenvalue weighted by Gasteiger charge is 2.36. The first-order valence-corrected chi connectivity index (χ1v) is 9.50. The molecule has 1 aromatic rings. The van der Waals surface area contributed by atoms with E-state index in [-0.39, 0.29) is 36.8 Å². The lowest BCUT2D eigenvalue weighted by Gasteiger charge is -2.36. The number of carbonyl (C=O) groups is 1. The highest BCUT2D eigenvalue weighted by Crippen LogP contribution is 2.26. The summed E-state index contributed by atoms with van der Waals surface area (Å²) in [6, 6.07) is 8.31. The van der Waals surface area contributed by atoms with E-state index in [2.05, 4.69) is 22.3 Å². The van der Waals surface area contributed by atoms with Crippen molar-refractivity contribution in [3.63, 3.8) is 0 Å². The molecule has 148 valence electrons. The van der Waals surface area contributed by atoms with Crippen molar-refractivity contribution in [2.24, 2.45) is 5.73 Å². The van der Waals surface area contributed by atoms with Crippen molar-refractivity contribution in [1.82, 2.24) is 10.2 Å². The number of halogens is 3. The molecule has 0 spiro atoms. The summed E-state index contributed by atoms with van der Waals surface area (Å²) in [5, 5.41) is 3.99. The highest BCUT2D eigenvalue weighted by atomic mass is 35.5. The lowest BCUT2D eigenvalue weighted by Crippen LogP contribution is -2.58. The Hall–Kier alpha value is -0.520. The molecule has 2 fully saturated rings. The monoisotopic (exact) mass is 421 g/mol. The number of amides is 1. The van der Waals surface area contributed by atoms with E-state index in [1.54, 1.807) is 0 Å². The molecule has 1 heterocycles. The van der Waals surface area contributed by atoms with Crippen LogP contribution >= 0.6 is 36.4 Å². The Morgan fingerprint density at radius 3 is 2.27 bits per heavy atom. The van der Waals surface area contributed by atoms with E-state index in [9.17, 15) is 4.79 Å². The highest BCUT2D eigenvalue weighted by molar-refractivity contribution is 6.30. The second-order valence-electron chi connectivity index (χ2n) is 7.37. The fourth-order valence-electron chi connectivity index (χ4n) is 3.82. The molecule has 0 unspecified atom stereocenters. The molecule has 1 amide bonds. The molecule has 7 heteroatoms. The van der Waals surface area contributed by atoms with Crippen molar-refractivity contribution in [1.29, 1.82) is 0 Å². The summed E-state index contributed by atoms with van der Waals surface area (Å²) in [6.45, 7) is 2.95. The van der Waals surface area contributed by atoms with E-state index in [0.29, 0.717) is 0 Å². The molecule has 1 aromatic carbocycles. The van der Waals surface area contributed by atoms with Gasteiger partial charge in [0.2, 0.25) is 5.91 Å². The largest absolute Gasteiger partial charge is 0.352 e. The predicted octanol–water partition coefficient (Wildman–Crippen LogP) is 3.93. The summed E-state index contributed by atoms with van der Waals surface area (Å²) in [6.07, 6.45) is 7.00. The van der Waals surface area contributed by atoms with Crippen molar-refractivity contribution in [3.8, 4) is 0 Å². The summed E-state index contributed by atoms with van der Waals surface area (Å²) in [7, 11) is 0. The lowest BCUT2D eigenvalue weighted by atomic mass is 9.81. The van der Waals surface area contributed by atoms with Gasteiger partial charge in [0.15, 0.2) is 0 Å². The quantitative estimate of drug-likeness (QED) is 0.773. The minimum atomic E-state index is -0.626. The van der Waals surface area contributed by atoms with Gasteiger partial charge in [0.25, 0.3) is 0 Å². The molecule has 26 heavy (non-hydrogen) atoms. The van der Waals surface area contributed by atoms with Gasteiger partial charge in [-0.15, -0.1) is 24.8 Å². The van der Waals surface area contributed by atoms with Crippen LogP contribution in [-0.4, -0.2) is 35.5 Å². The second kappa shape index (κ2) is 10.7. The van der Waals surface area contributed by atoms with Crippen molar-refractivity contribution < 1.29 is 4.79 Å². The van der Waals surface area contributed by atoms with Crippen molar-refractivity contribution >= 4 is 42.3 Å². The first-order chi connectivity index (χ1) is 11.5. The Bertz CT molecular complexity index is 554. The standard InChI is InChI=1S/C19H28ClN3O.2ClH/c20-16-6-4-15(5-7-16)14-23-12-8-17(9-13-23)22-18(24)19(21)10-2-1-3-11-19;;/h4-7,17H,1-3,8-14,21H2,(H,22,24);2*1H. The number of nitrogens with one attached hydrogen (secondary N) is 1. The summed E-state index contributed by atoms with van der Waals surface area (Å²) in [4.78, 5) is 15.0. The summed E-state index contributed by atoms with van der Waals surface area (Å²) >= 11 is 5.93. The maximum absolute atomic E-state index is 12.5. The number of nitrogens with two attached hydrogens (primary N) is 1. The molecule has 3 rings (SSSR count). The van der Waals surface area contributed by atoms with E-state index in [4.69, 9.17) is 17.3 Å². The predicted molar refractivity (Wildman–Crippen MR) is 112 cm³/mol. The fourth-order valence-corrected chi connectivity index (χ4v) is 3.95. The molecular formula is C19H30Cl3N3O. The summed E-state index contributed by atoms with van der Waals surface area (Å²) in [5.74, 6) is 0.0679. The number of hydrogen-bond acceptors (Lipinski definition) is 3. The zero-order chi connectivity index (χ0) is 17.0. The molecule has 0 aromatic heterocycles. The van der Waals surface area contributed by atoms with Crippen LogP contribution in [0, 0.1) is 0 Å². The SMILES string of the molecule is Cl.Cl.NC1(C(=O)NC2CCN(Cc3ccc(Cl)cc3)CC2)CCCCC1. The van der Waals surface area contributed by atoms with Crippen LogP contribution < -0.4 is 11.1 Å². The Kier molecular flexibility index (Phi) is 9.70. The van der Waals surface area contributed by atoms with Crippen LogP contribution in [0.2, 0.25) is 5.02 Å². The van der Waals surface area contributed by atoms with Crippen LogP contribution in [-0.2, 0) is 11.3 Å². The van der Waals surface area contributed by atoms with Crippen LogP contribution in [0.3, 0.4) is 0 Å². The number of piperidine rings is 1. The lowest BCUT2D eigenvalue weighted by molar-refractivity contribution is -0.128. The van der Waals surface area contributed by atoms with Gasteiger partial charge in [0, 0.05) is 30.7 Å². The summed E-state index contributed by atoms with van der Waals surface area (Å²) in [5.41, 5.74) is 6.98. The second-order valence-corrected chi connectivity index (χ2v) is 7.80. The summed E-state index contributed by atoms with van der Waals surface area (Å²) < 4.78 is 0. The van der Waals surface area contributed by atoms with E-state index in [1.165, 1.54) is 12.0 Å². The molecule has 1 aliphatic carbocycles. The van der Waals surface area contributed by atoms with Gasteiger partial charge in [-0.2, -0.15) is 0 Å². The van der Waals surface area contributed by atoms with Gasteiger partial charge < -0.3 is 11.1 Å². The van der Waals surface area contributed by atoms with E-state index < -0.39 is 5.54 Å². The van der Waals surface area contributed by atoms with Crippen molar-refractivity contribution in [3.05, 3.63) is 34.9 Å². The van der Waals surface area contributed by atoms with Crippen LogP contribution in [0.15, 0.2) is 24.3 Å². The van der Waals surface area contributed by atoms with E-state index >= 15 is 0 Å². The molecule has 2 aliphatic rings. The first kappa shape index (κ1) is 23.5. The third-order valence-corrected chi connectivity index (χ3v) is 5.69. The van der Waals surface area contributed by atoms with E-state index in [1.807, 2.05) is 12.1 Å². The average Bonchev–Trinajstić information content (AvgIpc) is 2.59. The van der Waals surface area contributed by atoms with Crippen molar-refractivity contribution in [2.75, 3.05) is 13.1 Å². The Labute approximate surface area is 174 Å². The van der Waals surface area contributed by atoms with Gasteiger partial charge in [0.05, 0.1) is 5.54 Å². The molecule has 1 saturated carbocycles. The number of likely N-dealkylation sites (tertiary alicyclic amines) is 1. The molecule has 4 nitrogen and oxygen atoms in total. The van der Waals surface area contributed by atoms with Crippen LogP contribution in [0.1, 0.15) is 50.5 Å². The number of hydrogen-bond donors (Lipinski definition) is 2. The Balaban J connectivity index is 0.00000169. The first-order valence-electron chi connectivity index (χ1n) is 9.12. The minimum Gasteiger partial charge on any atom is -0.352 e. The topological polar surface area (TPSA) is 58.4 Å². The zero-order valence-electron chi connectivity index (χ0n) is 15.1. The van der Waals surface area contributed by atoms with E-state index in [0.717, 1.165) is 63.2 Å². The molecule has 0 radical (unpaired) electrons. The molecule has 1 aliphatic heterocycles. The molecule has 0 atom stereocenters.